The monoisotopic (exact) mass is 239 g/mol. The van der Waals surface area contributed by atoms with Crippen LogP contribution in [0.4, 0.5) is 5.69 Å². The molecule has 1 aromatic carbocycles. The third kappa shape index (κ3) is 2.38. The first-order valence-corrected chi connectivity index (χ1v) is 7.16. The van der Waals surface area contributed by atoms with E-state index in [1.54, 1.807) is 0 Å². The van der Waals surface area contributed by atoms with Crippen LogP contribution in [0.1, 0.15) is 38.2 Å². The summed E-state index contributed by atoms with van der Waals surface area (Å²) in [5.41, 5.74) is 1.77. The first-order valence-electron chi connectivity index (χ1n) is 5.61. The Kier molecular flexibility index (Phi) is 2.93. The fourth-order valence-corrected chi connectivity index (χ4v) is 3.12. The van der Waals surface area contributed by atoms with Crippen LogP contribution in [0.2, 0.25) is 0 Å². The first kappa shape index (κ1) is 11.5. The number of hydrogen-bond donors (Lipinski definition) is 1. The van der Waals surface area contributed by atoms with Crippen LogP contribution in [0.25, 0.3) is 0 Å². The fourth-order valence-electron chi connectivity index (χ4n) is 1.71. The zero-order valence-electron chi connectivity index (χ0n) is 9.60. The van der Waals surface area contributed by atoms with Gasteiger partial charge in [-0.1, -0.05) is 32.0 Å². The minimum atomic E-state index is -3.15. The summed E-state index contributed by atoms with van der Waals surface area (Å²) in [7, 11) is -3.15. The number of sulfonamides is 1. The molecule has 1 saturated carbocycles. The van der Waals surface area contributed by atoms with Gasteiger partial charge in [0.05, 0.1) is 10.9 Å². The van der Waals surface area contributed by atoms with Crippen LogP contribution < -0.4 is 4.72 Å². The minimum Gasteiger partial charge on any atom is -0.283 e. The molecule has 0 radical (unpaired) electrons. The van der Waals surface area contributed by atoms with E-state index in [9.17, 15) is 8.42 Å². The quantitative estimate of drug-likeness (QED) is 0.878. The summed E-state index contributed by atoms with van der Waals surface area (Å²) in [5.74, 6) is 0.318. The molecule has 4 heteroatoms. The maximum atomic E-state index is 11.8. The number of hydrogen-bond acceptors (Lipinski definition) is 2. The predicted octanol–water partition coefficient (Wildman–Crippen LogP) is 2.71. The molecular formula is C12H17NO2S. The van der Waals surface area contributed by atoms with E-state index in [4.69, 9.17) is 0 Å². The zero-order valence-corrected chi connectivity index (χ0v) is 10.4. The standard InChI is InChI=1S/C12H17NO2S/c1-9(2)11-5-3-4-6-12(11)13-16(14,15)10-7-8-10/h3-6,9-10,13H,7-8H2,1-2H3. The van der Waals surface area contributed by atoms with Gasteiger partial charge in [0.15, 0.2) is 0 Å². The van der Waals surface area contributed by atoms with Crippen LogP contribution in [0, 0.1) is 0 Å². The molecule has 0 spiro atoms. The third-order valence-corrected chi connectivity index (χ3v) is 4.65. The molecule has 0 atom stereocenters. The Morgan fingerprint density at radius 3 is 2.44 bits per heavy atom. The maximum Gasteiger partial charge on any atom is 0.235 e. The molecular weight excluding hydrogens is 222 g/mol. The summed E-state index contributed by atoms with van der Waals surface area (Å²) in [5, 5.41) is -0.173. The SMILES string of the molecule is CC(C)c1ccccc1NS(=O)(=O)C1CC1. The van der Waals surface area contributed by atoms with Gasteiger partial charge in [-0.25, -0.2) is 8.42 Å². The highest BCUT2D eigenvalue weighted by Crippen LogP contribution is 2.32. The van der Waals surface area contributed by atoms with Gasteiger partial charge < -0.3 is 0 Å². The lowest BCUT2D eigenvalue weighted by Gasteiger charge is -2.14. The van der Waals surface area contributed by atoms with Gasteiger partial charge >= 0.3 is 0 Å². The van der Waals surface area contributed by atoms with Crippen molar-refractivity contribution < 1.29 is 8.42 Å². The molecule has 1 aliphatic rings. The number of para-hydroxylation sites is 1. The number of anilines is 1. The summed E-state index contributed by atoms with van der Waals surface area (Å²) >= 11 is 0. The topological polar surface area (TPSA) is 46.2 Å². The van der Waals surface area contributed by atoms with Crippen molar-refractivity contribution in [2.45, 2.75) is 37.9 Å². The molecule has 0 amide bonds. The molecule has 1 aliphatic carbocycles. The molecule has 0 aromatic heterocycles. The first-order chi connectivity index (χ1) is 7.50. The highest BCUT2D eigenvalue weighted by Gasteiger charge is 2.36. The molecule has 1 fully saturated rings. The van der Waals surface area contributed by atoms with Gasteiger partial charge in [0.1, 0.15) is 0 Å². The fraction of sp³-hybridized carbons (Fsp3) is 0.500. The number of rotatable bonds is 4. The van der Waals surface area contributed by atoms with Crippen molar-refractivity contribution in [2.24, 2.45) is 0 Å². The van der Waals surface area contributed by atoms with Crippen LogP contribution in [0.3, 0.4) is 0 Å². The molecule has 0 bridgehead atoms. The van der Waals surface area contributed by atoms with E-state index in [-0.39, 0.29) is 5.25 Å². The van der Waals surface area contributed by atoms with E-state index in [1.807, 2.05) is 24.3 Å². The van der Waals surface area contributed by atoms with Gasteiger partial charge in [-0.2, -0.15) is 0 Å². The van der Waals surface area contributed by atoms with Crippen LogP contribution in [-0.2, 0) is 10.0 Å². The zero-order chi connectivity index (χ0) is 11.8. The summed E-state index contributed by atoms with van der Waals surface area (Å²) < 4.78 is 26.4. The molecule has 16 heavy (non-hydrogen) atoms. The van der Waals surface area contributed by atoms with Crippen molar-refractivity contribution in [3.63, 3.8) is 0 Å². The van der Waals surface area contributed by atoms with E-state index < -0.39 is 10.0 Å². The Labute approximate surface area is 96.9 Å². The van der Waals surface area contributed by atoms with Crippen molar-refractivity contribution >= 4 is 15.7 Å². The van der Waals surface area contributed by atoms with Gasteiger partial charge in [0.2, 0.25) is 10.0 Å². The van der Waals surface area contributed by atoms with Crippen molar-refractivity contribution in [2.75, 3.05) is 4.72 Å². The van der Waals surface area contributed by atoms with Crippen LogP contribution in [0.15, 0.2) is 24.3 Å². The van der Waals surface area contributed by atoms with E-state index in [2.05, 4.69) is 18.6 Å². The molecule has 1 aromatic rings. The molecule has 3 nitrogen and oxygen atoms in total. The molecule has 0 aliphatic heterocycles. The maximum absolute atomic E-state index is 11.8. The number of nitrogens with one attached hydrogen (secondary N) is 1. The van der Waals surface area contributed by atoms with Crippen molar-refractivity contribution in [3.8, 4) is 0 Å². The van der Waals surface area contributed by atoms with Gasteiger partial charge in [-0.05, 0) is 30.4 Å². The second-order valence-electron chi connectivity index (χ2n) is 4.59. The molecule has 0 heterocycles. The van der Waals surface area contributed by atoms with Crippen molar-refractivity contribution in [3.05, 3.63) is 29.8 Å². The van der Waals surface area contributed by atoms with Gasteiger partial charge in [-0.3, -0.25) is 4.72 Å². The molecule has 88 valence electrons. The Bertz CT molecular complexity index is 476. The van der Waals surface area contributed by atoms with Crippen LogP contribution >= 0.6 is 0 Å². The summed E-state index contributed by atoms with van der Waals surface area (Å²) in [4.78, 5) is 0. The van der Waals surface area contributed by atoms with E-state index >= 15 is 0 Å². The summed E-state index contributed by atoms with van der Waals surface area (Å²) in [6, 6.07) is 7.59. The van der Waals surface area contributed by atoms with E-state index in [0.29, 0.717) is 5.92 Å². The predicted molar refractivity (Wildman–Crippen MR) is 66.1 cm³/mol. The second-order valence-corrected chi connectivity index (χ2v) is 6.55. The van der Waals surface area contributed by atoms with E-state index in [0.717, 1.165) is 24.1 Å². The van der Waals surface area contributed by atoms with Gasteiger partial charge in [-0.15, -0.1) is 0 Å². The minimum absolute atomic E-state index is 0.173. The molecule has 2 rings (SSSR count). The van der Waals surface area contributed by atoms with Gasteiger partial charge in [0, 0.05) is 0 Å². The lowest BCUT2D eigenvalue weighted by molar-refractivity contribution is 0.600. The van der Waals surface area contributed by atoms with Crippen LogP contribution in [-0.4, -0.2) is 13.7 Å². The Hall–Kier alpha value is -1.03. The highest BCUT2D eigenvalue weighted by molar-refractivity contribution is 7.93. The normalized spacial score (nSPS) is 16.4. The average Bonchev–Trinajstić information content (AvgIpc) is 3.00. The molecule has 0 saturated heterocycles. The van der Waals surface area contributed by atoms with E-state index in [1.165, 1.54) is 0 Å². The Morgan fingerprint density at radius 2 is 1.88 bits per heavy atom. The second kappa shape index (κ2) is 4.09. The van der Waals surface area contributed by atoms with Crippen LogP contribution in [0.5, 0.6) is 0 Å². The highest BCUT2D eigenvalue weighted by atomic mass is 32.2. The van der Waals surface area contributed by atoms with Gasteiger partial charge in [0.25, 0.3) is 0 Å². The summed E-state index contributed by atoms with van der Waals surface area (Å²) in [6.45, 7) is 4.12. The average molecular weight is 239 g/mol. The lowest BCUT2D eigenvalue weighted by atomic mass is 10.0. The largest absolute Gasteiger partial charge is 0.283 e. The Balaban J connectivity index is 2.27. The third-order valence-electron chi connectivity index (χ3n) is 2.80. The van der Waals surface area contributed by atoms with Crippen molar-refractivity contribution in [1.82, 2.24) is 0 Å². The smallest absolute Gasteiger partial charge is 0.235 e. The summed E-state index contributed by atoms with van der Waals surface area (Å²) in [6.07, 6.45) is 1.58. The molecule has 0 unspecified atom stereocenters. The number of benzene rings is 1. The Morgan fingerprint density at radius 1 is 1.25 bits per heavy atom. The van der Waals surface area contributed by atoms with Crippen molar-refractivity contribution in [1.29, 1.82) is 0 Å². The lowest BCUT2D eigenvalue weighted by Crippen LogP contribution is -2.18. The molecule has 1 N–H and O–H groups in total.